The molecule has 0 aliphatic carbocycles. The Balaban J connectivity index is 1.89. The minimum absolute atomic E-state index is 0.00230. The van der Waals surface area contributed by atoms with Gasteiger partial charge < -0.3 is 19.5 Å². The van der Waals surface area contributed by atoms with Crippen molar-refractivity contribution in [3.63, 3.8) is 0 Å². The highest BCUT2D eigenvalue weighted by Gasteiger charge is 2.22. The molecule has 6 nitrogen and oxygen atoms in total. The number of carbonyl (C=O) groups excluding carboxylic acids is 2. The molecule has 0 bridgehead atoms. The van der Waals surface area contributed by atoms with Crippen LogP contribution >= 0.6 is 0 Å². The summed E-state index contributed by atoms with van der Waals surface area (Å²) >= 11 is 0. The molecule has 1 amide bonds. The fraction of sp³-hybridized carbons (Fsp3) is 0.724. The average Bonchev–Trinajstić information content (AvgIpc) is 2.91. The molecule has 0 saturated carbocycles. The Bertz CT molecular complexity index is 799. The molecule has 0 atom stereocenters. The molecule has 0 aliphatic rings. The highest BCUT2D eigenvalue weighted by Crippen LogP contribution is 2.26. The minimum Gasteiger partial charge on any atom is -0.420 e. The Labute approximate surface area is 230 Å². The highest BCUT2D eigenvalue weighted by molar-refractivity contribution is 5.75. The lowest BCUT2D eigenvalue weighted by Gasteiger charge is -2.09. The lowest BCUT2D eigenvalue weighted by molar-refractivity contribution is -0.136. The number of unbranched alkanes of at least 4 members (excludes halogenated alkanes) is 12. The summed E-state index contributed by atoms with van der Waals surface area (Å²) < 4.78 is 68.1. The predicted octanol–water partition coefficient (Wildman–Crippen LogP) is 7.17. The van der Waals surface area contributed by atoms with E-state index in [1.807, 2.05) is 0 Å². The van der Waals surface area contributed by atoms with E-state index in [0.29, 0.717) is 19.6 Å². The maximum atomic E-state index is 13.5. The van der Waals surface area contributed by atoms with E-state index in [9.17, 15) is 27.2 Å². The van der Waals surface area contributed by atoms with Gasteiger partial charge in [-0.3, -0.25) is 9.59 Å². The molecular weight excluding hydrogens is 518 g/mol. The molecule has 0 unspecified atom stereocenters. The number of rotatable bonds is 24. The second-order valence-electron chi connectivity index (χ2n) is 9.59. The number of esters is 1. The molecule has 0 radical (unpaired) electrons. The van der Waals surface area contributed by atoms with Gasteiger partial charge in [-0.1, -0.05) is 84.0 Å². The standard InChI is InChI=1S/C29H45F4NO5/c1-2-3-4-5-6-7-8-9-10-11-12-13-14-15-25(35)34-17-19-38-21-20-37-18-16-26(36)39-29-27(32)23(30)22-24(31)28(29)33/h22H,2-21H2,1H3,(H,34,35). The Kier molecular flexibility index (Phi) is 20.2. The van der Waals surface area contributed by atoms with Crippen LogP contribution in [0.2, 0.25) is 0 Å². The lowest BCUT2D eigenvalue weighted by Crippen LogP contribution is -2.27. The molecule has 0 spiro atoms. The van der Waals surface area contributed by atoms with Crippen molar-refractivity contribution in [2.75, 3.05) is 33.0 Å². The summed E-state index contributed by atoms with van der Waals surface area (Å²) in [7, 11) is 0. The molecule has 0 aromatic heterocycles. The van der Waals surface area contributed by atoms with Crippen LogP contribution in [0.15, 0.2) is 6.07 Å². The van der Waals surface area contributed by atoms with E-state index in [4.69, 9.17) is 9.47 Å². The Morgan fingerprint density at radius 1 is 0.667 bits per heavy atom. The maximum Gasteiger partial charge on any atom is 0.313 e. The first-order valence-electron chi connectivity index (χ1n) is 14.3. The van der Waals surface area contributed by atoms with Crippen molar-refractivity contribution in [3.05, 3.63) is 29.3 Å². The van der Waals surface area contributed by atoms with Crippen LogP contribution in [0.4, 0.5) is 17.6 Å². The molecule has 1 aromatic carbocycles. The van der Waals surface area contributed by atoms with Crippen LogP contribution in [-0.4, -0.2) is 44.8 Å². The van der Waals surface area contributed by atoms with Gasteiger partial charge in [0.1, 0.15) is 0 Å². The van der Waals surface area contributed by atoms with E-state index < -0.39 is 35.0 Å². The fourth-order valence-corrected chi connectivity index (χ4v) is 3.94. The van der Waals surface area contributed by atoms with Crippen molar-refractivity contribution in [1.29, 1.82) is 0 Å². The summed E-state index contributed by atoms with van der Waals surface area (Å²) in [5, 5.41) is 2.80. The molecular formula is C29H45F4NO5. The number of hydrogen-bond acceptors (Lipinski definition) is 5. The largest absolute Gasteiger partial charge is 0.420 e. The molecule has 0 heterocycles. The first-order chi connectivity index (χ1) is 18.9. The minimum atomic E-state index is -1.78. The number of carbonyl (C=O) groups is 2. The topological polar surface area (TPSA) is 73.9 Å². The van der Waals surface area contributed by atoms with Gasteiger partial charge in [0, 0.05) is 19.0 Å². The van der Waals surface area contributed by atoms with Crippen molar-refractivity contribution >= 4 is 11.9 Å². The second kappa shape index (κ2) is 22.6. The van der Waals surface area contributed by atoms with Gasteiger partial charge in [0.2, 0.25) is 23.3 Å². The highest BCUT2D eigenvalue weighted by atomic mass is 19.2. The number of halogens is 4. The summed E-state index contributed by atoms with van der Waals surface area (Å²) in [6.45, 7) is 3.13. The predicted molar refractivity (Wildman–Crippen MR) is 141 cm³/mol. The third kappa shape index (κ3) is 17.2. The first kappa shape index (κ1) is 34.8. The van der Waals surface area contributed by atoms with Gasteiger partial charge >= 0.3 is 5.97 Å². The van der Waals surface area contributed by atoms with Crippen LogP contribution in [-0.2, 0) is 19.1 Å². The van der Waals surface area contributed by atoms with E-state index in [-0.39, 0.29) is 38.2 Å². The Morgan fingerprint density at radius 2 is 1.15 bits per heavy atom. The number of amides is 1. The van der Waals surface area contributed by atoms with Crippen LogP contribution < -0.4 is 10.1 Å². The average molecular weight is 564 g/mol. The molecule has 0 saturated heterocycles. The molecule has 1 rings (SSSR count). The SMILES string of the molecule is CCCCCCCCCCCCCCCC(=O)NCCOCCOCCC(=O)Oc1c(F)c(F)cc(F)c1F. The number of nitrogens with one attached hydrogen (secondary N) is 1. The van der Waals surface area contributed by atoms with Crippen LogP contribution in [0, 0.1) is 23.3 Å². The van der Waals surface area contributed by atoms with Crippen molar-refractivity contribution < 1.29 is 41.4 Å². The molecule has 0 fully saturated rings. The Morgan fingerprint density at radius 3 is 1.69 bits per heavy atom. The molecule has 0 aliphatic heterocycles. The van der Waals surface area contributed by atoms with Gasteiger partial charge in [-0.2, -0.15) is 8.78 Å². The fourth-order valence-electron chi connectivity index (χ4n) is 3.94. The zero-order chi connectivity index (χ0) is 28.7. The summed E-state index contributed by atoms with van der Waals surface area (Å²) in [4.78, 5) is 23.5. The molecule has 10 heteroatoms. The third-order valence-electron chi connectivity index (χ3n) is 6.19. The van der Waals surface area contributed by atoms with Crippen molar-refractivity contribution in [2.45, 2.75) is 103 Å². The van der Waals surface area contributed by atoms with E-state index in [1.165, 1.54) is 70.6 Å². The smallest absolute Gasteiger partial charge is 0.313 e. The van der Waals surface area contributed by atoms with Gasteiger partial charge in [0.25, 0.3) is 0 Å². The van der Waals surface area contributed by atoms with Crippen LogP contribution in [0.3, 0.4) is 0 Å². The third-order valence-corrected chi connectivity index (χ3v) is 6.19. The summed E-state index contributed by atoms with van der Waals surface area (Å²) in [5.41, 5.74) is 0. The number of benzene rings is 1. The molecule has 39 heavy (non-hydrogen) atoms. The zero-order valence-electron chi connectivity index (χ0n) is 23.3. The first-order valence-corrected chi connectivity index (χ1v) is 14.3. The van der Waals surface area contributed by atoms with Crippen molar-refractivity contribution in [2.24, 2.45) is 0 Å². The van der Waals surface area contributed by atoms with Gasteiger partial charge in [-0.25, -0.2) is 8.78 Å². The monoisotopic (exact) mass is 563 g/mol. The quantitative estimate of drug-likeness (QED) is 0.0475. The van der Waals surface area contributed by atoms with Crippen molar-refractivity contribution in [3.8, 4) is 5.75 Å². The summed E-state index contributed by atoms with van der Waals surface area (Å²) in [5.74, 6) is -9.42. The van der Waals surface area contributed by atoms with Gasteiger partial charge in [0.15, 0.2) is 11.6 Å². The van der Waals surface area contributed by atoms with Gasteiger partial charge in [0.05, 0.1) is 32.8 Å². The van der Waals surface area contributed by atoms with Crippen LogP contribution in [0.5, 0.6) is 5.75 Å². The normalized spacial score (nSPS) is 11.1. The summed E-state index contributed by atoms with van der Waals surface area (Å²) in [6, 6.07) is 0.0249. The maximum absolute atomic E-state index is 13.5. The number of hydrogen-bond donors (Lipinski definition) is 1. The molecule has 1 aromatic rings. The van der Waals surface area contributed by atoms with E-state index in [2.05, 4.69) is 17.0 Å². The van der Waals surface area contributed by atoms with E-state index >= 15 is 0 Å². The van der Waals surface area contributed by atoms with E-state index in [1.54, 1.807) is 0 Å². The summed E-state index contributed by atoms with van der Waals surface area (Å²) in [6.07, 6.45) is 16.5. The van der Waals surface area contributed by atoms with Gasteiger partial charge in [-0.05, 0) is 6.42 Å². The van der Waals surface area contributed by atoms with Crippen LogP contribution in [0.25, 0.3) is 0 Å². The van der Waals surface area contributed by atoms with E-state index in [0.717, 1.165) is 12.8 Å². The van der Waals surface area contributed by atoms with Crippen molar-refractivity contribution in [1.82, 2.24) is 5.32 Å². The van der Waals surface area contributed by atoms with Crippen LogP contribution in [0.1, 0.15) is 103 Å². The number of ether oxygens (including phenoxy) is 3. The van der Waals surface area contributed by atoms with Gasteiger partial charge in [-0.15, -0.1) is 0 Å². The Hall–Kier alpha value is -2.20. The molecule has 224 valence electrons. The molecule has 1 N–H and O–H groups in total. The second-order valence-corrected chi connectivity index (χ2v) is 9.59. The lowest BCUT2D eigenvalue weighted by atomic mass is 10.0. The zero-order valence-corrected chi connectivity index (χ0v) is 23.3.